The van der Waals surface area contributed by atoms with E-state index < -0.39 is 0 Å². The Morgan fingerprint density at radius 1 is 1.32 bits per heavy atom. The van der Waals surface area contributed by atoms with Crippen molar-refractivity contribution in [3.05, 3.63) is 29.8 Å². The summed E-state index contributed by atoms with van der Waals surface area (Å²) in [5.41, 5.74) is 0.990. The first-order chi connectivity index (χ1) is 9.28. The van der Waals surface area contributed by atoms with Gasteiger partial charge in [0.1, 0.15) is 5.75 Å². The van der Waals surface area contributed by atoms with Gasteiger partial charge < -0.3 is 15.2 Å². The third-order valence-electron chi connectivity index (χ3n) is 4.85. The van der Waals surface area contributed by atoms with Gasteiger partial charge in [-0.3, -0.25) is 0 Å². The molecule has 3 nitrogen and oxygen atoms in total. The van der Waals surface area contributed by atoms with Gasteiger partial charge in [-0.25, -0.2) is 0 Å². The van der Waals surface area contributed by atoms with Gasteiger partial charge in [-0.05, 0) is 55.3 Å². The zero-order valence-corrected chi connectivity index (χ0v) is 11.5. The van der Waals surface area contributed by atoms with Crippen LogP contribution >= 0.6 is 0 Å². The molecule has 1 aromatic rings. The first-order valence-electron chi connectivity index (χ1n) is 7.33. The molecule has 0 bridgehead atoms. The summed E-state index contributed by atoms with van der Waals surface area (Å²) in [7, 11) is 1.66. The van der Waals surface area contributed by atoms with E-state index in [4.69, 9.17) is 4.74 Å². The highest BCUT2D eigenvalue weighted by atomic mass is 16.5. The van der Waals surface area contributed by atoms with Crippen LogP contribution in [0.3, 0.4) is 0 Å². The summed E-state index contributed by atoms with van der Waals surface area (Å²) in [4.78, 5) is 0. The standard InChI is InChI=1S/C16H23NO2/c1-19-13-7-5-11(6-8-13)16(18)9-15-14-4-2-3-12(14)10-17-15/h5-8,12,14-18H,2-4,9-10H2,1H3. The number of hydrogen-bond acceptors (Lipinski definition) is 3. The molecule has 0 amide bonds. The SMILES string of the molecule is COc1ccc(C(O)CC2NCC3CCCC32)cc1. The lowest BCUT2D eigenvalue weighted by Gasteiger charge is -2.21. The predicted molar refractivity (Wildman–Crippen MR) is 75.2 cm³/mol. The molecule has 1 aliphatic carbocycles. The molecule has 1 aromatic carbocycles. The molecule has 1 aliphatic heterocycles. The molecule has 4 atom stereocenters. The van der Waals surface area contributed by atoms with Gasteiger partial charge in [0.15, 0.2) is 0 Å². The van der Waals surface area contributed by atoms with Crippen LogP contribution < -0.4 is 10.1 Å². The minimum Gasteiger partial charge on any atom is -0.497 e. The fourth-order valence-electron chi connectivity index (χ4n) is 3.76. The molecule has 2 N–H and O–H groups in total. The maximum absolute atomic E-state index is 10.4. The van der Waals surface area contributed by atoms with Gasteiger partial charge in [-0.2, -0.15) is 0 Å². The van der Waals surface area contributed by atoms with E-state index in [0.717, 1.165) is 36.1 Å². The number of ether oxygens (including phenoxy) is 1. The molecule has 3 heteroatoms. The summed E-state index contributed by atoms with van der Waals surface area (Å²) in [6.07, 6.45) is 4.52. The second-order valence-corrected chi connectivity index (χ2v) is 5.89. The second-order valence-electron chi connectivity index (χ2n) is 5.89. The minimum atomic E-state index is -0.372. The van der Waals surface area contributed by atoms with E-state index in [2.05, 4.69) is 5.32 Å². The third kappa shape index (κ3) is 2.63. The number of aliphatic hydroxyl groups excluding tert-OH is 1. The third-order valence-corrected chi connectivity index (χ3v) is 4.85. The normalized spacial score (nSPS) is 31.2. The Morgan fingerprint density at radius 3 is 2.84 bits per heavy atom. The molecule has 4 unspecified atom stereocenters. The van der Waals surface area contributed by atoms with Crippen LogP contribution in [0.5, 0.6) is 5.75 Å². The maximum atomic E-state index is 10.4. The zero-order chi connectivity index (χ0) is 13.2. The van der Waals surface area contributed by atoms with Crippen LogP contribution in [0, 0.1) is 11.8 Å². The Kier molecular flexibility index (Phi) is 3.76. The van der Waals surface area contributed by atoms with Gasteiger partial charge in [-0.1, -0.05) is 18.6 Å². The van der Waals surface area contributed by atoms with Crippen LogP contribution in [0.2, 0.25) is 0 Å². The van der Waals surface area contributed by atoms with Gasteiger partial charge in [0.05, 0.1) is 13.2 Å². The highest BCUT2D eigenvalue weighted by Gasteiger charge is 2.39. The van der Waals surface area contributed by atoms with E-state index in [0.29, 0.717) is 6.04 Å². The average molecular weight is 261 g/mol. The number of nitrogens with one attached hydrogen (secondary N) is 1. The largest absolute Gasteiger partial charge is 0.497 e. The Balaban J connectivity index is 1.62. The van der Waals surface area contributed by atoms with Crippen molar-refractivity contribution in [2.24, 2.45) is 11.8 Å². The lowest BCUT2D eigenvalue weighted by molar-refractivity contribution is 0.145. The van der Waals surface area contributed by atoms with E-state index in [1.807, 2.05) is 24.3 Å². The summed E-state index contributed by atoms with van der Waals surface area (Å²) >= 11 is 0. The highest BCUT2D eigenvalue weighted by molar-refractivity contribution is 5.28. The Morgan fingerprint density at radius 2 is 2.11 bits per heavy atom. The first-order valence-corrected chi connectivity index (χ1v) is 7.33. The topological polar surface area (TPSA) is 41.5 Å². The van der Waals surface area contributed by atoms with Crippen molar-refractivity contribution in [3.63, 3.8) is 0 Å². The Bertz CT molecular complexity index is 417. The molecular weight excluding hydrogens is 238 g/mol. The molecule has 3 rings (SSSR count). The maximum Gasteiger partial charge on any atom is 0.118 e. The summed E-state index contributed by atoms with van der Waals surface area (Å²) in [5, 5.41) is 14.0. The first kappa shape index (κ1) is 12.9. The monoisotopic (exact) mass is 261 g/mol. The van der Waals surface area contributed by atoms with E-state index in [1.54, 1.807) is 7.11 Å². The van der Waals surface area contributed by atoms with Gasteiger partial charge in [0.2, 0.25) is 0 Å². The van der Waals surface area contributed by atoms with Crippen LogP contribution in [-0.2, 0) is 0 Å². The zero-order valence-electron chi connectivity index (χ0n) is 11.5. The van der Waals surface area contributed by atoms with Gasteiger partial charge in [0, 0.05) is 6.04 Å². The molecule has 104 valence electrons. The predicted octanol–water partition coefficient (Wildman–Crippen LogP) is 2.51. The van der Waals surface area contributed by atoms with Gasteiger partial charge >= 0.3 is 0 Å². The number of benzene rings is 1. The van der Waals surface area contributed by atoms with E-state index in [9.17, 15) is 5.11 Å². The number of methoxy groups -OCH3 is 1. The van der Waals surface area contributed by atoms with E-state index in [1.165, 1.54) is 19.3 Å². The fraction of sp³-hybridized carbons (Fsp3) is 0.625. The Hall–Kier alpha value is -1.06. The quantitative estimate of drug-likeness (QED) is 0.875. The molecular formula is C16H23NO2. The smallest absolute Gasteiger partial charge is 0.118 e. The van der Waals surface area contributed by atoms with Crippen LogP contribution in [-0.4, -0.2) is 24.8 Å². The van der Waals surface area contributed by atoms with Crippen molar-refractivity contribution in [2.75, 3.05) is 13.7 Å². The van der Waals surface area contributed by atoms with Crippen molar-refractivity contribution in [1.29, 1.82) is 0 Å². The van der Waals surface area contributed by atoms with Crippen molar-refractivity contribution in [1.82, 2.24) is 5.32 Å². The highest BCUT2D eigenvalue weighted by Crippen LogP contribution is 2.40. The number of hydrogen-bond donors (Lipinski definition) is 2. The second kappa shape index (κ2) is 5.51. The van der Waals surface area contributed by atoms with Crippen molar-refractivity contribution in [3.8, 4) is 5.75 Å². The molecule has 0 aromatic heterocycles. The lowest BCUT2D eigenvalue weighted by Crippen LogP contribution is -2.28. The molecule has 2 aliphatic rings. The average Bonchev–Trinajstić information content (AvgIpc) is 3.04. The van der Waals surface area contributed by atoms with Gasteiger partial charge in [0.25, 0.3) is 0 Å². The summed E-state index contributed by atoms with van der Waals surface area (Å²) < 4.78 is 5.15. The van der Waals surface area contributed by atoms with E-state index in [-0.39, 0.29) is 6.10 Å². The molecule has 1 saturated carbocycles. The number of rotatable bonds is 4. The minimum absolute atomic E-state index is 0.372. The number of fused-ring (bicyclic) bond motifs is 1. The lowest BCUT2D eigenvalue weighted by atomic mass is 9.89. The van der Waals surface area contributed by atoms with E-state index >= 15 is 0 Å². The summed E-state index contributed by atoms with van der Waals surface area (Å²) in [5.74, 6) is 2.48. The molecule has 1 heterocycles. The van der Waals surface area contributed by atoms with Crippen LogP contribution in [0.25, 0.3) is 0 Å². The molecule has 0 spiro atoms. The summed E-state index contributed by atoms with van der Waals surface area (Å²) in [6, 6.07) is 8.25. The molecule has 2 fully saturated rings. The van der Waals surface area contributed by atoms with Gasteiger partial charge in [-0.15, -0.1) is 0 Å². The molecule has 19 heavy (non-hydrogen) atoms. The molecule has 0 radical (unpaired) electrons. The van der Waals surface area contributed by atoms with Crippen LogP contribution in [0.15, 0.2) is 24.3 Å². The van der Waals surface area contributed by atoms with Crippen LogP contribution in [0.1, 0.15) is 37.4 Å². The molecule has 1 saturated heterocycles. The van der Waals surface area contributed by atoms with Crippen molar-refractivity contribution in [2.45, 2.75) is 37.8 Å². The van der Waals surface area contributed by atoms with Crippen LogP contribution in [0.4, 0.5) is 0 Å². The number of aliphatic hydroxyl groups is 1. The Labute approximate surface area is 115 Å². The van der Waals surface area contributed by atoms with Crippen molar-refractivity contribution >= 4 is 0 Å². The fourth-order valence-corrected chi connectivity index (χ4v) is 3.76. The summed E-state index contributed by atoms with van der Waals surface area (Å²) in [6.45, 7) is 1.14. The van der Waals surface area contributed by atoms with Crippen molar-refractivity contribution < 1.29 is 9.84 Å².